The number of rotatable bonds is 6. The van der Waals surface area contributed by atoms with Crippen molar-refractivity contribution < 1.29 is 23.9 Å². The zero-order valence-corrected chi connectivity index (χ0v) is 16.6. The van der Waals surface area contributed by atoms with Gasteiger partial charge in [0.2, 0.25) is 24.5 Å². The van der Waals surface area contributed by atoms with Crippen molar-refractivity contribution >= 4 is 35.2 Å². The van der Waals surface area contributed by atoms with Crippen LogP contribution in [0.15, 0.2) is 18.2 Å². The molecular formula is C20H24N2O5S. The van der Waals surface area contributed by atoms with E-state index in [9.17, 15) is 14.4 Å². The van der Waals surface area contributed by atoms with Crippen LogP contribution in [0.25, 0.3) is 0 Å². The van der Waals surface area contributed by atoms with Crippen molar-refractivity contribution in [1.29, 1.82) is 0 Å². The van der Waals surface area contributed by atoms with Crippen LogP contribution in [-0.4, -0.2) is 47.5 Å². The molecule has 0 aromatic heterocycles. The first-order valence-corrected chi connectivity index (χ1v) is 11.1. The summed E-state index contributed by atoms with van der Waals surface area (Å²) < 4.78 is 10.6. The summed E-state index contributed by atoms with van der Waals surface area (Å²) in [5, 5.41) is 2.85. The standard InChI is InChI=1S/C20H24N2O5S/c1-28-9-8-15(22-19(24)13-4-2-3-5-14(13)20(22)25)18(23)21-12-6-7-16-17(10-12)27-11-26-16/h6-7,10,13-15H,2-5,8-9,11H2,1H3,(H,21,23). The first-order chi connectivity index (χ1) is 13.6. The van der Waals surface area contributed by atoms with Crippen LogP contribution in [0.2, 0.25) is 0 Å². The fourth-order valence-corrected chi connectivity index (χ4v) is 4.76. The van der Waals surface area contributed by atoms with Crippen LogP contribution in [0.4, 0.5) is 5.69 Å². The van der Waals surface area contributed by atoms with E-state index in [2.05, 4.69) is 5.32 Å². The molecule has 0 radical (unpaired) electrons. The van der Waals surface area contributed by atoms with Crippen molar-refractivity contribution in [2.24, 2.45) is 11.8 Å². The second-order valence-corrected chi connectivity index (χ2v) is 8.38. The van der Waals surface area contributed by atoms with Gasteiger partial charge in [-0.05, 0) is 43.4 Å². The number of nitrogens with zero attached hydrogens (tertiary/aromatic N) is 1. The molecule has 8 heteroatoms. The number of nitrogens with one attached hydrogen (secondary N) is 1. The van der Waals surface area contributed by atoms with E-state index in [4.69, 9.17) is 9.47 Å². The Kier molecular flexibility index (Phi) is 5.48. The van der Waals surface area contributed by atoms with E-state index < -0.39 is 6.04 Å². The molecular weight excluding hydrogens is 380 g/mol. The number of amides is 3. The number of hydrogen-bond donors (Lipinski definition) is 1. The van der Waals surface area contributed by atoms with Crippen molar-refractivity contribution in [3.8, 4) is 11.5 Å². The molecule has 150 valence electrons. The predicted octanol–water partition coefficient (Wildman–Crippen LogP) is 2.65. The number of carbonyl (C=O) groups excluding carboxylic acids is 3. The summed E-state index contributed by atoms with van der Waals surface area (Å²) in [6, 6.07) is 4.36. The second kappa shape index (κ2) is 8.03. The topological polar surface area (TPSA) is 84.9 Å². The van der Waals surface area contributed by atoms with Gasteiger partial charge in [0.05, 0.1) is 11.8 Å². The Morgan fingerprint density at radius 2 is 1.86 bits per heavy atom. The highest BCUT2D eigenvalue weighted by atomic mass is 32.2. The van der Waals surface area contributed by atoms with E-state index in [1.807, 2.05) is 6.26 Å². The van der Waals surface area contributed by atoms with Crippen LogP contribution in [0.3, 0.4) is 0 Å². The summed E-state index contributed by atoms with van der Waals surface area (Å²) in [5.74, 6) is 0.680. The van der Waals surface area contributed by atoms with E-state index in [1.54, 1.807) is 30.0 Å². The van der Waals surface area contributed by atoms with Gasteiger partial charge in [-0.2, -0.15) is 11.8 Å². The molecule has 3 unspecified atom stereocenters. The zero-order valence-electron chi connectivity index (χ0n) is 15.8. The Hall–Kier alpha value is -2.22. The Morgan fingerprint density at radius 1 is 1.18 bits per heavy atom. The molecule has 2 heterocycles. The van der Waals surface area contributed by atoms with E-state index in [1.165, 1.54) is 4.90 Å². The lowest BCUT2D eigenvalue weighted by Crippen LogP contribution is -2.48. The summed E-state index contributed by atoms with van der Waals surface area (Å²) in [6.45, 7) is 0.155. The Balaban J connectivity index is 1.54. The van der Waals surface area contributed by atoms with Gasteiger partial charge < -0.3 is 14.8 Å². The molecule has 1 saturated carbocycles. The minimum absolute atomic E-state index is 0.155. The molecule has 3 aliphatic rings. The van der Waals surface area contributed by atoms with Gasteiger partial charge in [-0.1, -0.05) is 12.8 Å². The van der Waals surface area contributed by atoms with Gasteiger partial charge in [-0.3, -0.25) is 19.3 Å². The molecule has 1 aromatic rings. The maximum absolute atomic E-state index is 13.1. The number of benzene rings is 1. The van der Waals surface area contributed by atoms with Crippen LogP contribution in [0.1, 0.15) is 32.1 Å². The lowest BCUT2D eigenvalue weighted by Gasteiger charge is -2.26. The molecule has 0 bridgehead atoms. The molecule has 1 aliphatic carbocycles. The first-order valence-electron chi connectivity index (χ1n) is 9.66. The summed E-state index contributed by atoms with van der Waals surface area (Å²) in [6.07, 6.45) is 5.80. The number of imide groups is 1. The average Bonchev–Trinajstić information content (AvgIpc) is 3.26. The van der Waals surface area contributed by atoms with Gasteiger partial charge in [-0.15, -0.1) is 0 Å². The highest BCUT2D eigenvalue weighted by Gasteiger charge is 2.51. The number of hydrogen-bond acceptors (Lipinski definition) is 6. The Morgan fingerprint density at radius 3 is 2.54 bits per heavy atom. The maximum Gasteiger partial charge on any atom is 0.247 e. The molecule has 3 atom stereocenters. The van der Waals surface area contributed by atoms with Crippen molar-refractivity contribution in [2.75, 3.05) is 24.1 Å². The van der Waals surface area contributed by atoms with Gasteiger partial charge in [0, 0.05) is 11.8 Å². The van der Waals surface area contributed by atoms with Crippen LogP contribution in [0.5, 0.6) is 11.5 Å². The van der Waals surface area contributed by atoms with Crippen molar-refractivity contribution in [3.05, 3.63) is 18.2 Å². The number of ether oxygens (including phenoxy) is 2. The predicted molar refractivity (Wildman–Crippen MR) is 105 cm³/mol. The van der Waals surface area contributed by atoms with Gasteiger partial charge in [-0.25, -0.2) is 0 Å². The summed E-state index contributed by atoms with van der Waals surface area (Å²) >= 11 is 1.59. The molecule has 2 fully saturated rings. The molecule has 0 spiro atoms. The van der Waals surface area contributed by atoms with E-state index >= 15 is 0 Å². The highest BCUT2D eigenvalue weighted by Crippen LogP contribution is 2.40. The van der Waals surface area contributed by atoms with Crippen LogP contribution >= 0.6 is 11.8 Å². The molecule has 1 saturated heterocycles. The average molecular weight is 404 g/mol. The van der Waals surface area contributed by atoms with E-state index in [0.717, 1.165) is 25.7 Å². The fourth-order valence-electron chi connectivity index (χ4n) is 4.30. The lowest BCUT2D eigenvalue weighted by atomic mass is 9.81. The third kappa shape index (κ3) is 3.45. The number of likely N-dealkylation sites (tertiary alicyclic amines) is 1. The molecule has 2 aliphatic heterocycles. The van der Waals surface area contributed by atoms with Gasteiger partial charge in [0.25, 0.3) is 0 Å². The normalized spacial score (nSPS) is 24.2. The SMILES string of the molecule is CSCCC(C(=O)Nc1ccc2c(c1)OCO2)N1C(=O)C2CCCCC2C1=O. The van der Waals surface area contributed by atoms with Gasteiger partial charge in [0.1, 0.15) is 6.04 Å². The van der Waals surface area contributed by atoms with Crippen molar-refractivity contribution in [3.63, 3.8) is 0 Å². The quantitative estimate of drug-likeness (QED) is 0.734. The Labute approximate surface area is 168 Å². The van der Waals surface area contributed by atoms with Crippen molar-refractivity contribution in [2.45, 2.75) is 38.1 Å². The number of fused-ring (bicyclic) bond motifs is 2. The van der Waals surface area contributed by atoms with Crippen LogP contribution in [0, 0.1) is 11.8 Å². The third-order valence-electron chi connectivity index (χ3n) is 5.73. The van der Waals surface area contributed by atoms with Gasteiger partial charge >= 0.3 is 0 Å². The van der Waals surface area contributed by atoms with Crippen LogP contribution in [-0.2, 0) is 14.4 Å². The molecule has 1 aromatic carbocycles. The molecule has 1 N–H and O–H groups in total. The number of anilines is 1. The maximum atomic E-state index is 13.1. The van der Waals surface area contributed by atoms with E-state index in [-0.39, 0.29) is 36.4 Å². The summed E-state index contributed by atoms with van der Waals surface area (Å²) in [7, 11) is 0. The first kappa shape index (κ1) is 19.1. The molecule has 4 rings (SSSR count). The minimum Gasteiger partial charge on any atom is -0.454 e. The van der Waals surface area contributed by atoms with E-state index in [0.29, 0.717) is 29.4 Å². The number of carbonyl (C=O) groups is 3. The molecule has 3 amide bonds. The molecule has 28 heavy (non-hydrogen) atoms. The Bertz CT molecular complexity index is 775. The van der Waals surface area contributed by atoms with Crippen molar-refractivity contribution in [1.82, 2.24) is 4.90 Å². The smallest absolute Gasteiger partial charge is 0.247 e. The summed E-state index contributed by atoms with van der Waals surface area (Å²) in [5.41, 5.74) is 0.555. The van der Waals surface area contributed by atoms with Gasteiger partial charge in [0.15, 0.2) is 11.5 Å². The molecule has 7 nitrogen and oxygen atoms in total. The minimum atomic E-state index is -0.788. The summed E-state index contributed by atoms with van der Waals surface area (Å²) in [4.78, 5) is 40.2. The lowest BCUT2D eigenvalue weighted by molar-refractivity contribution is -0.146. The second-order valence-electron chi connectivity index (χ2n) is 7.40. The highest BCUT2D eigenvalue weighted by molar-refractivity contribution is 7.98. The monoisotopic (exact) mass is 404 g/mol. The third-order valence-corrected chi connectivity index (χ3v) is 6.37. The largest absolute Gasteiger partial charge is 0.454 e. The fraction of sp³-hybridized carbons (Fsp3) is 0.550. The van der Waals surface area contributed by atoms with Crippen LogP contribution < -0.4 is 14.8 Å². The number of thioether (sulfide) groups is 1. The zero-order chi connectivity index (χ0) is 19.7.